The molecular formula is C14H17NO3. The summed E-state index contributed by atoms with van der Waals surface area (Å²) in [5.74, 6) is 0.767. The molecule has 4 nitrogen and oxygen atoms in total. The fourth-order valence-corrected chi connectivity index (χ4v) is 2.57. The van der Waals surface area contributed by atoms with Crippen LogP contribution in [-0.2, 0) is 21.7 Å². The van der Waals surface area contributed by atoms with Crippen LogP contribution in [0.25, 0.3) is 0 Å². The molecule has 0 aromatic heterocycles. The number of rotatable bonds is 5. The Morgan fingerprint density at radius 2 is 2.17 bits per heavy atom. The van der Waals surface area contributed by atoms with E-state index in [4.69, 9.17) is 9.47 Å². The Kier molecular flexibility index (Phi) is 3.80. The second-order valence-corrected chi connectivity index (χ2v) is 4.52. The summed E-state index contributed by atoms with van der Waals surface area (Å²) in [7, 11) is 3.28. The maximum Gasteiger partial charge on any atom is 0.235 e. The van der Waals surface area contributed by atoms with E-state index in [0.717, 1.165) is 36.1 Å². The van der Waals surface area contributed by atoms with Crippen molar-refractivity contribution in [2.45, 2.75) is 31.4 Å². The molecule has 0 heterocycles. The SMILES string of the molecule is COCc1cccc(OC)c1C1(N=C=O)CCC1. The van der Waals surface area contributed by atoms with Crippen LogP contribution in [0.1, 0.15) is 30.4 Å². The largest absolute Gasteiger partial charge is 0.496 e. The van der Waals surface area contributed by atoms with Gasteiger partial charge in [0.1, 0.15) is 11.3 Å². The molecule has 96 valence electrons. The van der Waals surface area contributed by atoms with Gasteiger partial charge in [-0.05, 0) is 30.9 Å². The standard InChI is InChI=1S/C14H17NO3/c1-17-9-11-5-3-6-12(18-2)13(11)14(15-10-16)7-4-8-14/h3,5-6H,4,7-9H2,1-2H3. The predicted molar refractivity (Wildman–Crippen MR) is 67.4 cm³/mol. The maximum absolute atomic E-state index is 10.7. The highest BCUT2D eigenvalue weighted by Crippen LogP contribution is 2.49. The number of hydrogen-bond donors (Lipinski definition) is 0. The average molecular weight is 247 g/mol. The molecule has 0 N–H and O–H groups in total. The third-order valence-electron chi connectivity index (χ3n) is 3.54. The molecule has 0 aliphatic heterocycles. The minimum absolute atomic E-state index is 0.456. The fraction of sp³-hybridized carbons (Fsp3) is 0.500. The van der Waals surface area contributed by atoms with Gasteiger partial charge in [-0.3, -0.25) is 0 Å². The van der Waals surface area contributed by atoms with Crippen LogP contribution >= 0.6 is 0 Å². The molecule has 1 aliphatic rings. The maximum atomic E-state index is 10.7. The van der Waals surface area contributed by atoms with Crippen molar-refractivity contribution >= 4 is 6.08 Å². The first-order valence-corrected chi connectivity index (χ1v) is 6.02. The van der Waals surface area contributed by atoms with Crippen LogP contribution in [0.4, 0.5) is 0 Å². The van der Waals surface area contributed by atoms with Gasteiger partial charge in [0.2, 0.25) is 6.08 Å². The lowest BCUT2D eigenvalue weighted by Gasteiger charge is -2.39. The second kappa shape index (κ2) is 5.34. The van der Waals surface area contributed by atoms with Crippen molar-refractivity contribution in [1.29, 1.82) is 0 Å². The summed E-state index contributed by atoms with van der Waals surface area (Å²) in [5.41, 5.74) is 1.54. The fourth-order valence-electron chi connectivity index (χ4n) is 2.57. The number of carbonyl (C=O) groups excluding carboxylic acids is 1. The first-order chi connectivity index (χ1) is 8.77. The molecule has 1 aliphatic carbocycles. The van der Waals surface area contributed by atoms with E-state index in [0.29, 0.717) is 6.61 Å². The van der Waals surface area contributed by atoms with E-state index in [1.54, 1.807) is 20.3 Å². The van der Waals surface area contributed by atoms with Crippen molar-refractivity contribution in [3.63, 3.8) is 0 Å². The van der Waals surface area contributed by atoms with Gasteiger partial charge in [0.25, 0.3) is 0 Å². The van der Waals surface area contributed by atoms with Crippen LogP contribution in [0.5, 0.6) is 5.75 Å². The van der Waals surface area contributed by atoms with E-state index in [-0.39, 0.29) is 0 Å². The molecule has 1 fully saturated rings. The highest BCUT2D eigenvalue weighted by atomic mass is 16.5. The first kappa shape index (κ1) is 12.8. The highest BCUT2D eigenvalue weighted by Gasteiger charge is 2.42. The zero-order chi connectivity index (χ0) is 13.0. The number of methoxy groups -OCH3 is 2. The van der Waals surface area contributed by atoms with Crippen LogP contribution < -0.4 is 4.74 Å². The highest BCUT2D eigenvalue weighted by molar-refractivity contribution is 5.49. The van der Waals surface area contributed by atoms with Gasteiger partial charge < -0.3 is 9.47 Å². The lowest BCUT2D eigenvalue weighted by Crippen LogP contribution is -2.33. The Morgan fingerprint density at radius 3 is 2.67 bits per heavy atom. The molecule has 0 spiro atoms. The number of ether oxygens (including phenoxy) is 2. The monoisotopic (exact) mass is 247 g/mol. The third kappa shape index (κ3) is 2.05. The first-order valence-electron chi connectivity index (χ1n) is 6.02. The van der Waals surface area contributed by atoms with Gasteiger partial charge in [0.15, 0.2) is 0 Å². The van der Waals surface area contributed by atoms with E-state index >= 15 is 0 Å². The van der Waals surface area contributed by atoms with Gasteiger partial charge >= 0.3 is 0 Å². The summed E-state index contributed by atoms with van der Waals surface area (Å²) < 4.78 is 10.6. The molecule has 0 amide bonds. The van der Waals surface area contributed by atoms with E-state index in [1.807, 2.05) is 18.2 Å². The number of nitrogens with zero attached hydrogens (tertiary/aromatic N) is 1. The molecule has 2 rings (SSSR count). The Balaban J connectivity index is 2.55. The average Bonchev–Trinajstić information content (AvgIpc) is 2.34. The van der Waals surface area contributed by atoms with Crippen LogP contribution in [0, 0.1) is 0 Å². The predicted octanol–water partition coefficient (Wildman–Crippen LogP) is 2.56. The lowest BCUT2D eigenvalue weighted by molar-refractivity contribution is 0.176. The van der Waals surface area contributed by atoms with Crippen molar-refractivity contribution in [1.82, 2.24) is 0 Å². The summed E-state index contributed by atoms with van der Waals surface area (Å²) in [5, 5.41) is 0. The van der Waals surface area contributed by atoms with E-state index in [2.05, 4.69) is 4.99 Å². The molecule has 1 aromatic carbocycles. The van der Waals surface area contributed by atoms with Crippen LogP contribution in [-0.4, -0.2) is 20.3 Å². The molecule has 0 bridgehead atoms. The summed E-state index contributed by atoms with van der Waals surface area (Å²) in [4.78, 5) is 14.7. The van der Waals surface area contributed by atoms with Crippen LogP contribution in [0.3, 0.4) is 0 Å². The molecule has 1 saturated carbocycles. The van der Waals surface area contributed by atoms with Gasteiger partial charge in [0.05, 0.1) is 13.7 Å². The molecule has 0 radical (unpaired) electrons. The van der Waals surface area contributed by atoms with Gasteiger partial charge in [0, 0.05) is 12.7 Å². The van der Waals surface area contributed by atoms with Gasteiger partial charge in [-0.1, -0.05) is 12.1 Å². The van der Waals surface area contributed by atoms with E-state index in [9.17, 15) is 4.79 Å². The summed E-state index contributed by atoms with van der Waals surface area (Å²) >= 11 is 0. The Bertz CT molecular complexity index is 474. The van der Waals surface area contributed by atoms with E-state index < -0.39 is 5.54 Å². The van der Waals surface area contributed by atoms with Crippen molar-refractivity contribution in [2.75, 3.05) is 14.2 Å². The van der Waals surface area contributed by atoms with Crippen molar-refractivity contribution in [3.8, 4) is 5.75 Å². The smallest absolute Gasteiger partial charge is 0.235 e. The zero-order valence-electron chi connectivity index (χ0n) is 10.7. The van der Waals surface area contributed by atoms with Gasteiger partial charge in [-0.25, -0.2) is 4.79 Å². The van der Waals surface area contributed by atoms with Crippen LogP contribution in [0.15, 0.2) is 23.2 Å². The summed E-state index contributed by atoms with van der Waals surface area (Å²) in [6, 6.07) is 5.81. The van der Waals surface area contributed by atoms with Gasteiger partial charge in [-0.15, -0.1) is 0 Å². The minimum Gasteiger partial charge on any atom is -0.496 e. The van der Waals surface area contributed by atoms with Crippen molar-refractivity contribution < 1.29 is 14.3 Å². The number of hydrogen-bond acceptors (Lipinski definition) is 4. The quantitative estimate of drug-likeness (QED) is 0.593. The Morgan fingerprint density at radius 1 is 1.39 bits per heavy atom. The second-order valence-electron chi connectivity index (χ2n) is 4.52. The molecule has 0 unspecified atom stereocenters. The van der Waals surface area contributed by atoms with Crippen LogP contribution in [0.2, 0.25) is 0 Å². The lowest BCUT2D eigenvalue weighted by atomic mass is 9.70. The Hall–Kier alpha value is -1.64. The number of aliphatic imine (C=N–C) groups is 1. The summed E-state index contributed by atoms with van der Waals surface area (Å²) in [6.07, 6.45) is 4.49. The van der Waals surface area contributed by atoms with Gasteiger partial charge in [-0.2, -0.15) is 4.99 Å². The topological polar surface area (TPSA) is 47.9 Å². The molecule has 1 aromatic rings. The number of isocyanates is 1. The van der Waals surface area contributed by atoms with Crippen molar-refractivity contribution in [3.05, 3.63) is 29.3 Å². The Labute approximate surface area is 107 Å². The summed E-state index contributed by atoms with van der Waals surface area (Å²) in [6.45, 7) is 0.489. The molecular weight excluding hydrogens is 230 g/mol. The molecule has 4 heteroatoms. The zero-order valence-corrected chi connectivity index (χ0v) is 10.7. The molecule has 0 atom stereocenters. The van der Waals surface area contributed by atoms with E-state index in [1.165, 1.54) is 0 Å². The third-order valence-corrected chi connectivity index (χ3v) is 3.54. The number of benzene rings is 1. The molecule has 18 heavy (non-hydrogen) atoms. The van der Waals surface area contributed by atoms with Crippen molar-refractivity contribution in [2.24, 2.45) is 4.99 Å². The normalized spacial score (nSPS) is 16.6. The minimum atomic E-state index is -0.456. The molecule has 0 saturated heterocycles.